The molecular weight excluding hydrogens is 533 g/mol. The minimum absolute atomic E-state index is 0.0874. The van der Waals surface area contributed by atoms with Crippen LogP contribution in [0.15, 0.2) is 42.5 Å². The summed E-state index contributed by atoms with van der Waals surface area (Å²) in [6, 6.07) is 7.14. The minimum atomic E-state index is -4.97. The molecule has 1 unspecified atom stereocenters. The smallest absolute Gasteiger partial charge is 0.416 e. The van der Waals surface area contributed by atoms with Crippen LogP contribution in [0, 0.1) is 5.82 Å². The predicted molar refractivity (Wildman–Crippen MR) is 128 cm³/mol. The van der Waals surface area contributed by atoms with Crippen molar-refractivity contribution < 1.29 is 45.4 Å². The molecule has 1 saturated heterocycles. The highest BCUT2D eigenvalue weighted by molar-refractivity contribution is 5.64. The predicted octanol–water partition coefficient (Wildman–Crippen LogP) is 6.99. The number of benzene rings is 2. The average Bonchev–Trinajstić information content (AvgIpc) is 3.31. The summed E-state index contributed by atoms with van der Waals surface area (Å²) in [7, 11) is 0. The molecule has 2 aliphatic rings. The monoisotopic (exact) mass is 562 g/mol. The quantitative estimate of drug-likeness (QED) is 0.373. The van der Waals surface area contributed by atoms with Crippen molar-refractivity contribution in [1.29, 1.82) is 0 Å². The Morgan fingerprint density at radius 3 is 2.18 bits per heavy atom. The van der Waals surface area contributed by atoms with Crippen LogP contribution in [-0.2, 0) is 17.1 Å². The van der Waals surface area contributed by atoms with E-state index in [0.29, 0.717) is 44.5 Å². The number of ether oxygens (including phenoxy) is 1. The molecule has 0 bridgehead atoms. The van der Waals surface area contributed by atoms with E-state index >= 15 is 0 Å². The van der Waals surface area contributed by atoms with E-state index < -0.39 is 47.6 Å². The number of carboxylic acid groups (broad SMARTS) is 1. The minimum Gasteiger partial charge on any atom is -0.465 e. The van der Waals surface area contributed by atoms with Crippen LogP contribution in [-0.4, -0.2) is 47.4 Å². The van der Waals surface area contributed by atoms with Crippen molar-refractivity contribution in [1.82, 2.24) is 10.2 Å². The second-order valence-electron chi connectivity index (χ2n) is 10.2. The van der Waals surface area contributed by atoms with Gasteiger partial charge in [-0.25, -0.2) is 9.18 Å². The Morgan fingerprint density at radius 1 is 1.00 bits per heavy atom. The third kappa shape index (κ3) is 7.21. The number of likely N-dealkylation sites (tertiary alicyclic amines) is 1. The van der Waals surface area contributed by atoms with E-state index in [0.717, 1.165) is 12.0 Å². The zero-order valence-electron chi connectivity index (χ0n) is 21.0. The fourth-order valence-electron chi connectivity index (χ4n) is 5.63. The number of carbonyl (C=O) groups is 1. The van der Waals surface area contributed by atoms with Crippen molar-refractivity contribution in [2.45, 2.75) is 75.2 Å². The molecular formula is C27H29F7N2O3. The summed E-state index contributed by atoms with van der Waals surface area (Å²) in [5.74, 6) is -0.777. The Kier molecular flexibility index (Phi) is 8.46. The van der Waals surface area contributed by atoms with Gasteiger partial charge in [0.15, 0.2) is 0 Å². The molecule has 2 fully saturated rings. The first-order chi connectivity index (χ1) is 18.2. The molecule has 2 aromatic rings. The van der Waals surface area contributed by atoms with Crippen molar-refractivity contribution in [3.05, 3.63) is 70.5 Å². The van der Waals surface area contributed by atoms with Crippen LogP contribution < -0.4 is 5.32 Å². The van der Waals surface area contributed by atoms with Crippen LogP contribution in [0.3, 0.4) is 0 Å². The van der Waals surface area contributed by atoms with Crippen LogP contribution in [0.4, 0.5) is 35.5 Å². The first-order valence-corrected chi connectivity index (χ1v) is 12.6. The van der Waals surface area contributed by atoms with E-state index in [1.165, 1.54) is 19.1 Å². The summed E-state index contributed by atoms with van der Waals surface area (Å²) >= 11 is 0. The number of piperidine rings is 1. The van der Waals surface area contributed by atoms with Crippen molar-refractivity contribution in [3.63, 3.8) is 0 Å². The summed E-state index contributed by atoms with van der Waals surface area (Å²) < 4.78 is 100. The average molecular weight is 563 g/mol. The van der Waals surface area contributed by atoms with Gasteiger partial charge in [-0.05, 0) is 74.1 Å². The maximum atomic E-state index is 13.6. The van der Waals surface area contributed by atoms with Gasteiger partial charge < -0.3 is 15.2 Å². The summed E-state index contributed by atoms with van der Waals surface area (Å²) in [4.78, 5) is 13.2. The topological polar surface area (TPSA) is 61.8 Å². The standard InChI is InChI=1S/C27H29F7N2O3/c1-15(17-10-18(26(29,30)31)12-19(11-17)27(32,33)34)39-24-8-9-36(22-7-6-21(13-22)35-25(37)38)14-23(24)16-2-4-20(28)5-3-16/h2-5,10-12,15,21-24,35H,6-9,13-14H2,1H3,(H,37,38)/t15-,21+,22?,23-,24+/m1/s1. The van der Waals surface area contributed by atoms with Gasteiger partial charge >= 0.3 is 18.4 Å². The molecule has 5 atom stereocenters. The fourth-order valence-corrected chi connectivity index (χ4v) is 5.63. The number of rotatable bonds is 6. The van der Waals surface area contributed by atoms with E-state index in [1.807, 2.05) is 0 Å². The number of hydrogen-bond donors (Lipinski definition) is 2. The lowest BCUT2D eigenvalue weighted by atomic mass is 9.86. The number of alkyl halides is 6. The summed E-state index contributed by atoms with van der Waals surface area (Å²) in [5.41, 5.74) is -2.32. The van der Waals surface area contributed by atoms with Gasteiger partial charge in [-0.3, -0.25) is 4.90 Å². The van der Waals surface area contributed by atoms with Gasteiger partial charge in [0.05, 0.1) is 23.3 Å². The lowest BCUT2D eigenvalue weighted by Gasteiger charge is -2.42. The summed E-state index contributed by atoms with van der Waals surface area (Å²) in [6.45, 7) is 2.43. The maximum absolute atomic E-state index is 13.6. The highest BCUT2D eigenvalue weighted by Gasteiger charge is 2.40. The van der Waals surface area contributed by atoms with Crippen molar-refractivity contribution >= 4 is 6.09 Å². The van der Waals surface area contributed by atoms with E-state index in [9.17, 15) is 35.5 Å². The molecule has 0 aromatic heterocycles. The molecule has 0 spiro atoms. The third-order valence-corrected chi connectivity index (χ3v) is 7.59. The molecule has 1 aliphatic heterocycles. The first-order valence-electron chi connectivity index (χ1n) is 12.6. The first kappa shape index (κ1) is 29.1. The molecule has 4 rings (SSSR count). The lowest BCUT2D eigenvalue weighted by Crippen LogP contribution is -2.47. The number of nitrogens with one attached hydrogen (secondary N) is 1. The fraction of sp³-hybridized carbons (Fsp3) is 0.519. The number of nitrogens with zero attached hydrogens (tertiary/aromatic N) is 1. The summed E-state index contributed by atoms with van der Waals surface area (Å²) in [5, 5.41) is 11.5. The molecule has 1 amide bonds. The van der Waals surface area contributed by atoms with Crippen LogP contribution in [0.2, 0.25) is 0 Å². The van der Waals surface area contributed by atoms with Crippen LogP contribution in [0.5, 0.6) is 0 Å². The van der Waals surface area contributed by atoms with Crippen molar-refractivity contribution in [3.8, 4) is 0 Å². The van der Waals surface area contributed by atoms with E-state index in [1.54, 1.807) is 12.1 Å². The zero-order valence-corrected chi connectivity index (χ0v) is 21.0. The normalized spacial score (nSPS) is 25.4. The van der Waals surface area contributed by atoms with Gasteiger partial charge in [0.2, 0.25) is 0 Å². The van der Waals surface area contributed by atoms with E-state index in [-0.39, 0.29) is 29.6 Å². The maximum Gasteiger partial charge on any atom is 0.416 e. The summed E-state index contributed by atoms with van der Waals surface area (Å²) in [6.07, 6.45) is -10.1. The van der Waals surface area contributed by atoms with Gasteiger partial charge in [-0.1, -0.05) is 12.1 Å². The molecule has 12 heteroatoms. The van der Waals surface area contributed by atoms with Crippen LogP contribution >= 0.6 is 0 Å². The molecule has 2 N–H and O–H groups in total. The Morgan fingerprint density at radius 2 is 1.62 bits per heavy atom. The van der Waals surface area contributed by atoms with E-state index in [2.05, 4.69) is 10.2 Å². The Hall–Kier alpha value is -2.86. The molecule has 1 aliphatic carbocycles. The highest BCUT2D eigenvalue weighted by atomic mass is 19.4. The molecule has 1 heterocycles. The largest absolute Gasteiger partial charge is 0.465 e. The number of halogens is 7. The van der Waals surface area contributed by atoms with Gasteiger partial charge in [0, 0.05) is 31.1 Å². The SMILES string of the molecule is C[C@@H](O[C@H]1CCN(C2CC[C@H](NC(=O)O)C2)C[C@@H]1c1ccc(F)cc1)c1cc(C(F)(F)F)cc(C(F)(F)F)c1. The van der Waals surface area contributed by atoms with Crippen molar-refractivity contribution in [2.24, 2.45) is 0 Å². The molecule has 0 radical (unpaired) electrons. The third-order valence-electron chi connectivity index (χ3n) is 7.59. The highest BCUT2D eigenvalue weighted by Crippen LogP contribution is 2.40. The van der Waals surface area contributed by atoms with Gasteiger partial charge in [0.1, 0.15) is 5.82 Å². The van der Waals surface area contributed by atoms with Gasteiger partial charge in [0.25, 0.3) is 0 Å². The number of amides is 1. The van der Waals surface area contributed by atoms with Gasteiger partial charge in [-0.2, -0.15) is 26.3 Å². The Labute approximate surface area is 220 Å². The van der Waals surface area contributed by atoms with Gasteiger partial charge in [-0.15, -0.1) is 0 Å². The van der Waals surface area contributed by atoms with Crippen molar-refractivity contribution in [2.75, 3.05) is 13.1 Å². The second-order valence-corrected chi connectivity index (χ2v) is 10.2. The Bertz CT molecular complexity index is 1120. The molecule has 5 nitrogen and oxygen atoms in total. The van der Waals surface area contributed by atoms with E-state index in [4.69, 9.17) is 9.84 Å². The second kappa shape index (κ2) is 11.3. The molecule has 214 valence electrons. The van der Waals surface area contributed by atoms with Crippen LogP contribution in [0.1, 0.15) is 66.9 Å². The molecule has 1 saturated carbocycles. The molecule has 2 aromatic carbocycles. The number of hydrogen-bond acceptors (Lipinski definition) is 3. The lowest BCUT2D eigenvalue weighted by molar-refractivity contribution is -0.143. The van der Waals surface area contributed by atoms with Crippen LogP contribution in [0.25, 0.3) is 0 Å². The molecule has 39 heavy (non-hydrogen) atoms. The Balaban J connectivity index is 1.56. The zero-order chi connectivity index (χ0) is 28.5.